The molecule has 0 amide bonds. The minimum Gasteiger partial charge on any atom is -0.388 e. The van der Waals surface area contributed by atoms with Crippen LogP contribution in [0.5, 0.6) is 0 Å². The zero-order valence-electron chi connectivity index (χ0n) is 15.9. The summed E-state index contributed by atoms with van der Waals surface area (Å²) >= 11 is 0. The predicted molar refractivity (Wildman–Crippen MR) is 99.0 cm³/mol. The summed E-state index contributed by atoms with van der Waals surface area (Å²) in [6.45, 7) is 6.27. The van der Waals surface area contributed by atoms with Crippen molar-refractivity contribution in [2.75, 3.05) is 51.8 Å². The summed E-state index contributed by atoms with van der Waals surface area (Å²) in [5.74, 6) is 2.51. The average molecular weight is 348 g/mol. The van der Waals surface area contributed by atoms with Crippen LogP contribution in [-0.2, 0) is 11.2 Å². The topological polar surface area (TPSA) is 61.7 Å². The van der Waals surface area contributed by atoms with Crippen LogP contribution in [-0.4, -0.2) is 72.5 Å². The zero-order chi connectivity index (χ0) is 17.9. The van der Waals surface area contributed by atoms with Crippen LogP contribution in [0.4, 0.5) is 5.82 Å². The fraction of sp³-hybridized carbons (Fsp3) is 0.789. The number of hydrogen-bond donors (Lipinski definition) is 1. The van der Waals surface area contributed by atoms with Crippen molar-refractivity contribution in [1.29, 1.82) is 0 Å². The Kier molecular flexibility index (Phi) is 5.92. The normalized spacial score (nSPS) is 22.1. The molecule has 25 heavy (non-hydrogen) atoms. The summed E-state index contributed by atoms with van der Waals surface area (Å²) in [6.07, 6.45) is 4.90. The fourth-order valence-corrected chi connectivity index (χ4v) is 3.92. The van der Waals surface area contributed by atoms with E-state index in [0.717, 1.165) is 56.2 Å². The summed E-state index contributed by atoms with van der Waals surface area (Å²) in [5, 5.41) is 10.7. The van der Waals surface area contributed by atoms with Gasteiger partial charge in [0.1, 0.15) is 11.6 Å². The molecule has 2 aliphatic heterocycles. The highest BCUT2D eigenvalue weighted by Gasteiger charge is 2.33. The number of aliphatic hydroxyl groups is 1. The summed E-state index contributed by atoms with van der Waals surface area (Å²) in [4.78, 5) is 13.6. The average Bonchev–Trinajstić information content (AvgIpc) is 2.56. The largest absolute Gasteiger partial charge is 0.388 e. The van der Waals surface area contributed by atoms with Crippen molar-refractivity contribution >= 4 is 5.82 Å². The van der Waals surface area contributed by atoms with Crippen LogP contribution in [0, 0.1) is 12.8 Å². The van der Waals surface area contributed by atoms with Crippen LogP contribution in [0.2, 0.25) is 0 Å². The molecule has 0 radical (unpaired) electrons. The molecule has 0 atom stereocenters. The van der Waals surface area contributed by atoms with E-state index in [-0.39, 0.29) is 0 Å². The number of ether oxygens (including phenoxy) is 1. The van der Waals surface area contributed by atoms with E-state index in [1.807, 2.05) is 25.9 Å². The monoisotopic (exact) mass is 348 g/mol. The van der Waals surface area contributed by atoms with Crippen LogP contribution in [0.1, 0.15) is 37.2 Å². The van der Waals surface area contributed by atoms with Crippen LogP contribution >= 0.6 is 0 Å². The lowest BCUT2D eigenvalue weighted by Gasteiger charge is -2.39. The van der Waals surface area contributed by atoms with Crippen molar-refractivity contribution in [3.63, 3.8) is 0 Å². The Morgan fingerprint density at radius 3 is 2.56 bits per heavy atom. The summed E-state index contributed by atoms with van der Waals surface area (Å²) in [5.41, 5.74) is 0.604. The molecule has 1 N–H and O–H groups in total. The number of rotatable bonds is 5. The molecule has 6 nitrogen and oxygen atoms in total. The molecule has 2 aliphatic rings. The van der Waals surface area contributed by atoms with Crippen molar-refractivity contribution < 1.29 is 9.84 Å². The molecule has 2 saturated heterocycles. The molecule has 0 saturated carbocycles. The van der Waals surface area contributed by atoms with Gasteiger partial charge in [0.25, 0.3) is 0 Å². The molecule has 0 aromatic carbocycles. The molecule has 0 bridgehead atoms. The maximum Gasteiger partial charge on any atom is 0.131 e. The first-order valence-corrected chi connectivity index (χ1v) is 9.48. The second-order valence-corrected chi connectivity index (χ2v) is 7.92. The van der Waals surface area contributed by atoms with Crippen molar-refractivity contribution in [2.45, 2.75) is 44.6 Å². The second-order valence-electron chi connectivity index (χ2n) is 7.92. The van der Waals surface area contributed by atoms with Gasteiger partial charge in [-0.3, -0.25) is 0 Å². The minimum absolute atomic E-state index is 0.546. The Labute approximate surface area is 151 Å². The van der Waals surface area contributed by atoms with Crippen molar-refractivity contribution in [1.82, 2.24) is 14.9 Å². The zero-order valence-corrected chi connectivity index (χ0v) is 15.9. The fourth-order valence-electron chi connectivity index (χ4n) is 3.92. The quantitative estimate of drug-likeness (QED) is 0.873. The Hall–Kier alpha value is -1.24. The number of aryl methyl sites for hydroxylation is 1. The van der Waals surface area contributed by atoms with Gasteiger partial charge in [0.15, 0.2) is 0 Å². The van der Waals surface area contributed by atoms with Gasteiger partial charge in [0.2, 0.25) is 0 Å². The molecule has 1 aromatic rings. The molecule has 0 spiro atoms. The summed E-state index contributed by atoms with van der Waals surface area (Å²) in [6, 6.07) is 2.12. The first-order valence-electron chi connectivity index (χ1n) is 9.48. The number of piperidine rings is 1. The third kappa shape index (κ3) is 5.12. The van der Waals surface area contributed by atoms with Crippen LogP contribution in [0.25, 0.3) is 0 Å². The lowest BCUT2D eigenvalue weighted by Crippen LogP contribution is -2.49. The van der Waals surface area contributed by atoms with Crippen molar-refractivity contribution in [2.24, 2.45) is 5.92 Å². The van der Waals surface area contributed by atoms with E-state index in [0.29, 0.717) is 19.1 Å². The smallest absolute Gasteiger partial charge is 0.131 e. The Morgan fingerprint density at radius 1 is 1.24 bits per heavy atom. The van der Waals surface area contributed by atoms with Crippen LogP contribution < -0.4 is 4.90 Å². The predicted octanol–water partition coefficient (Wildman–Crippen LogP) is 1.65. The molecule has 0 aliphatic carbocycles. The Morgan fingerprint density at radius 2 is 1.92 bits per heavy atom. The van der Waals surface area contributed by atoms with Gasteiger partial charge >= 0.3 is 0 Å². The third-order valence-corrected chi connectivity index (χ3v) is 5.48. The van der Waals surface area contributed by atoms with E-state index in [4.69, 9.17) is 4.74 Å². The second kappa shape index (κ2) is 7.98. The highest BCUT2D eigenvalue weighted by molar-refractivity contribution is 5.37. The van der Waals surface area contributed by atoms with E-state index in [1.165, 1.54) is 12.8 Å². The number of likely N-dealkylation sites (tertiary alicyclic amines) is 1. The van der Waals surface area contributed by atoms with Crippen LogP contribution in [0.3, 0.4) is 0 Å². The molecule has 3 rings (SSSR count). The SMILES string of the molecule is Cc1nc(CC2CCN(CC3(O)CCOCC3)CC2)cc(N(C)C)n1. The molecular formula is C19H32N4O2. The maximum absolute atomic E-state index is 10.7. The van der Waals surface area contributed by atoms with E-state index in [1.54, 1.807) is 0 Å². The van der Waals surface area contributed by atoms with Gasteiger partial charge in [-0.05, 0) is 45.2 Å². The van der Waals surface area contributed by atoms with Gasteiger partial charge in [-0.15, -0.1) is 0 Å². The maximum atomic E-state index is 10.7. The van der Waals surface area contributed by atoms with Crippen LogP contribution in [0.15, 0.2) is 6.07 Å². The molecule has 2 fully saturated rings. The lowest BCUT2D eigenvalue weighted by molar-refractivity contribution is -0.0829. The summed E-state index contributed by atoms with van der Waals surface area (Å²) in [7, 11) is 4.04. The standard InChI is InChI=1S/C19H32N4O2/c1-15-20-17(13-18(21-15)22(2)3)12-16-4-8-23(9-5-16)14-19(24)6-10-25-11-7-19/h13,16,24H,4-12,14H2,1-3H3. The molecule has 1 aromatic heterocycles. The van der Waals surface area contributed by atoms with E-state index in [2.05, 4.69) is 20.9 Å². The number of anilines is 1. The molecule has 0 unspecified atom stereocenters. The van der Waals surface area contributed by atoms with Gasteiger partial charge in [0, 0.05) is 58.5 Å². The van der Waals surface area contributed by atoms with E-state index in [9.17, 15) is 5.11 Å². The van der Waals surface area contributed by atoms with E-state index < -0.39 is 5.60 Å². The Balaban J connectivity index is 1.51. The van der Waals surface area contributed by atoms with Crippen molar-refractivity contribution in [3.8, 4) is 0 Å². The van der Waals surface area contributed by atoms with Gasteiger partial charge in [0.05, 0.1) is 5.60 Å². The molecular weight excluding hydrogens is 316 g/mol. The van der Waals surface area contributed by atoms with Gasteiger partial charge in [-0.1, -0.05) is 0 Å². The number of aromatic nitrogens is 2. The number of nitrogens with zero attached hydrogens (tertiary/aromatic N) is 4. The van der Waals surface area contributed by atoms with Crippen molar-refractivity contribution in [3.05, 3.63) is 17.6 Å². The Bertz CT molecular complexity index is 565. The van der Waals surface area contributed by atoms with Gasteiger partial charge in [-0.2, -0.15) is 0 Å². The highest BCUT2D eigenvalue weighted by Crippen LogP contribution is 2.26. The van der Waals surface area contributed by atoms with E-state index >= 15 is 0 Å². The molecule has 6 heteroatoms. The minimum atomic E-state index is -0.546. The molecule has 3 heterocycles. The lowest BCUT2D eigenvalue weighted by atomic mass is 9.89. The van der Waals surface area contributed by atoms with Gasteiger partial charge < -0.3 is 19.6 Å². The first kappa shape index (κ1) is 18.5. The number of β-amino-alcohol motifs (C(OH)–C–C–N with tert-alkyl or cyclic N) is 1. The third-order valence-electron chi connectivity index (χ3n) is 5.48. The molecule has 140 valence electrons. The summed E-state index contributed by atoms with van der Waals surface area (Å²) < 4.78 is 5.38. The number of hydrogen-bond acceptors (Lipinski definition) is 6. The highest BCUT2D eigenvalue weighted by atomic mass is 16.5. The first-order chi connectivity index (χ1) is 11.9. The van der Waals surface area contributed by atoms with Gasteiger partial charge in [-0.25, -0.2) is 9.97 Å².